The minimum absolute atomic E-state index is 0.0640. The smallest absolute Gasteiger partial charge is 0.311 e. The van der Waals surface area contributed by atoms with Crippen molar-refractivity contribution in [3.05, 3.63) is 28.3 Å². The SMILES string of the molecule is COc1cc(N2CCCCC2C=O)ccc1[N+](=O)[O-]. The second-order valence-electron chi connectivity index (χ2n) is 4.51. The molecule has 102 valence electrons. The maximum atomic E-state index is 11.1. The number of ether oxygens (including phenoxy) is 1. The molecule has 6 nitrogen and oxygen atoms in total. The van der Waals surface area contributed by atoms with Crippen LogP contribution < -0.4 is 9.64 Å². The van der Waals surface area contributed by atoms with Crippen LogP contribution in [-0.2, 0) is 4.79 Å². The minimum Gasteiger partial charge on any atom is -0.490 e. The number of piperidine rings is 1. The maximum Gasteiger partial charge on any atom is 0.311 e. The Hall–Kier alpha value is -2.11. The Labute approximate surface area is 111 Å². The summed E-state index contributed by atoms with van der Waals surface area (Å²) in [6.45, 7) is 0.782. The number of nitrogens with zero attached hydrogens (tertiary/aromatic N) is 2. The third-order valence-electron chi connectivity index (χ3n) is 3.40. The molecule has 0 N–H and O–H groups in total. The Morgan fingerprint density at radius 1 is 1.47 bits per heavy atom. The molecule has 0 radical (unpaired) electrons. The molecule has 0 spiro atoms. The van der Waals surface area contributed by atoms with Gasteiger partial charge in [0.1, 0.15) is 6.29 Å². The fraction of sp³-hybridized carbons (Fsp3) is 0.462. The minimum atomic E-state index is -0.476. The lowest BCUT2D eigenvalue weighted by atomic mass is 10.0. The van der Waals surface area contributed by atoms with Crippen molar-refractivity contribution < 1.29 is 14.5 Å². The summed E-state index contributed by atoms with van der Waals surface area (Å²) in [5, 5.41) is 10.8. The molecule has 0 bridgehead atoms. The fourth-order valence-electron chi connectivity index (χ4n) is 2.42. The van der Waals surface area contributed by atoms with E-state index < -0.39 is 4.92 Å². The van der Waals surface area contributed by atoms with Crippen LogP contribution in [0.4, 0.5) is 11.4 Å². The van der Waals surface area contributed by atoms with Crippen molar-refractivity contribution in [1.82, 2.24) is 0 Å². The molecule has 0 amide bonds. The average molecular weight is 264 g/mol. The van der Waals surface area contributed by atoms with Crippen LogP contribution in [0.3, 0.4) is 0 Å². The van der Waals surface area contributed by atoms with Crippen molar-refractivity contribution >= 4 is 17.7 Å². The number of hydrogen-bond acceptors (Lipinski definition) is 5. The quantitative estimate of drug-likeness (QED) is 0.473. The third kappa shape index (κ3) is 2.67. The second-order valence-corrected chi connectivity index (χ2v) is 4.51. The summed E-state index contributed by atoms with van der Waals surface area (Å²) in [5.41, 5.74) is 0.727. The predicted molar refractivity (Wildman–Crippen MR) is 70.7 cm³/mol. The van der Waals surface area contributed by atoms with E-state index in [2.05, 4.69) is 0 Å². The van der Waals surface area contributed by atoms with Gasteiger partial charge in [-0.15, -0.1) is 0 Å². The molecule has 1 aromatic carbocycles. The summed E-state index contributed by atoms with van der Waals surface area (Å²) < 4.78 is 5.05. The van der Waals surface area contributed by atoms with Gasteiger partial charge in [0, 0.05) is 24.4 Å². The highest BCUT2D eigenvalue weighted by Gasteiger charge is 2.24. The van der Waals surface area contributed by atoms with Crippen molar-refractivity contribution in [3.8, 4) is 5.75 Å². The van der Waals surface area contributed by atoms with Gasteiger partial charge < -0.3 is 14.4 Å². The molecule has 19 heavy (non-hydrogen) atoms. The van der Waals surface area contributed by atoms with Crippen LogP contribution in [0.5, 0.6) is 5.75 Å². The predicted octanol–water partition coefficient (Wildman–Crippen LogP) is 2.16. The first-order valence-electron chi connectivity index (χ1n) is 6.21. The maximum absolute atomic E-state index is 11.1. The van der Waals surface area contributed by atoms with E-state index >= 15 is 0 Å². The lowest BCUT2D eigenvalue weighted by molar-refractivity contribution is -0.385. The lowest BCUT2D eigenvalue weighted by Crippen LogP contribution is -2.40. The molecule has 0 aliphatic carbocycles. The van der Waals surface area contributed by atoms with Gasteiger partial charge in [-0.05, 0) is 25.3 Å². The summed E-state index contributed by atoms with van der Waals surface area (Å²) >= 11 is 0. The number of methoxy groups -OCH3 is 1. The Bertz CT molecular complexity index is 490. The van der Waals surface area contributed by atoms with Crippen molar-refractivity contribution in [2.45, 2.75) is 25.3 Å². The largest absolute Gasteiger partial charge is 0.490 e. The van der Waals surface area contributed by atoms with E-state index in [1.54, 1.807) is 12.1 Å². The Balaban J connectivity index is 2.34. The van der Waals surface area contributed by atoms with Crippen molar-refractivity contribution in [1.29, 1.82) is 0 Å². The standard InChI is InChI=1S/C13H16N2O4/c1-19-13-8-10(5-6-12(13)15(17)18)14-7-3-2-4-11(14)9-16/h5-6,8-9,11H,2-4,7H2,1H3. The van der Waals surface area contributed by atoms with Crippen LogP contribution in [0.1, 0.15) is 19.3 Å². The van der Waals surface area contributed by atoms with Crippen LogP contribution in [0, 0.1) is 10.1 Å². The molecule has 6 heteroatoms. The molecule has 1 aliphatic rings. The molecule has 1 unspecified atom stereocenters. The van der Waals surface area contributed by atoms with Gasteiger partial charge in [-0.2, -0.15) is 0 Å². The molecular formula is C13H16N2O4. The topological polar surface area (TPSA) is 72.7 Å². The number of benzene rings is 1. The zero-order valence-electron chi connectivity index (χ0n) is 10.7. The number of hydrogen-bond donors (Lipinski definition) is 0. The number of rotatable bonds is 4. The van der Waals surface area contributed by atoms with E-state index in [0.717, 1.165) is 37.8 Å². The first kappa shape index (κ1) is 13.3. The molecule has 1 atom stereocenters. The number of anilines is 1. The highest BCUT2D eigenvalue weighted by atomic mass is 16.6. The van der Waals surface area contributed by atoms with Crippen molar-refractivity contribution in [3.63, 3.8) is 0 Å². The Morgan fingerprint density at radius 3 is 2.89 bits per heavy atom. The van der Waals surface area contributed by atoms with Gasteiger partial charge in [0.15, 0.2) is 5.75 Å². The fourth-order valence-corrected chi connectivity index (χ4v) is 2.42. The number of nitro groups is 1. The van der Waals surface area contributed by atoms with Gasteiger partial charge in [0.25, 0.3) is 0 Å². The van der Waals surface area contributed by atoms with Crippen molar-refractivity contribution in [2.75, 3.05) is 18.6 Å². The summed E-state index contributed by atoms with van der Waals surface area (Å²) in [6, 6.07) is 4.56. The van der Waals surface area contributed by atoms with E-state index in [1.807, 2.05) is 4.90 Å². The molecule has 0 aromatic heterocycles. The van der Waals surface area contributed by atoms with Gasteiger partial charge >= 0.3 is 5.69 Å². The Kier molecular flexibility index (Phi) is 3.99. The summed E-state index contributed by atoms with van der Waals surface area (Å²) in [7, 11) is 1.40. The molecule has 1 saturated heterocycles. The molecule has 1 aliphatic heterocycles. The lowest BCUT2D eigenvalue weighted by Gasteiger charge is -2.34. The van der Waals surface area contributed by atoms with Gasteiger partial charge in [-0.25, -0.2) is 0 Å². The average Bonchev–Trinajstić information content (AvgIpc) is 2.46. The number of aldehydes is 1. The van der Waals surface area contributed by atoms with Crippen molar-refractivity contribution in [2.24, 2.45) is 0 Å². The zero-order valence-corrected chi connectivity index (χ0v) is 10.7. The molecular weight excluding hydrogens is 248 g/mol. The van der Waals surface area contributed by atoms with E-state index in [-0.39, 0.29) is 17.5 Å². The monoisotopic (exact) mass is 264 g/mol. The van der Waals surface area contributed by atoms with Gasteiger partial charge in [-0.3, -0.25) is 10.1 Å². The highest BCUT2D eigenvalue weighted by molar-refractivity contribution is 5.68. The van der Waals surface area contributed by atoms with Crippen LogP contribution >= 0.6 is 0 Å². The van der Waals surface area contributed by atoms with Gasteiger partial charge in [0.2, 0.25) is 0 Å². The van der Waals surface area contributed by atoms with Gasteiger partial charge in [-0.1, -0.05) is 0 Å². The van der Waals surface area contributed by atoms with Crippen LogP contribution in [0.15, 0.2) is 18.2 Å². The van der Waals surface area contributed by atoms with E-state index in [0.29, 0.717) is 0 Å². The summed E-state index contributed by atoms with van der Waals surface area (Å²) in [6.07, 6.45) is 3.81. The highest BCUT2D eigenvalue weighted by Crippen LogP contribution is 2.33. The number of carbonyl (C=O) groups is 1. The van der Waals surface area contributed by atoms with Crippen LogP contribution in [-0.4, -0.2) is 30.9 Å². The van der Waals surface area contributed by atoms with E-state index in [1.165, 1.54) is 13.2 Å². The van der Waals surface area contributed by atoms with Gasteiger partial charge in [0.05, 0.1) is 18.1 Å². The first-order valence-corrected chi connectivity index (χ1v) is 6.21. The zero-order chi connectivity index (χ0) is 13.8. The summed E-state index contributed by atoms with van der Waals surface area (Å²) in [5.74, 6) is 0.220. The first-order chi connectivity index (χ1) is 9.17. The molecule has 1 fully saturated rings. The third-order valence-corrected chi connectivity index (χ3v) is 3.40. The normalized spacial score (nSPS) is 19.0. The molecule has 0 saturated carbocycles. The van der Waals surface area contributed by atoms with E-state index in [4.69, 9.17) is 4.74 Å². The Morgan fingerprint density at radius 2 is 2.26 bits per heavy atom. The summed E-state index contributed by atoms with van der Waals surface area (Å²) in [4.78, 5) is 23.4. The van der Waals surface area contributed by atoms with Crippen LogP contribution in [0.25, 0.3) is 0 Å². The molecule has 1 aromatic rings. The molecule has 1 heterocycles. The number of carbonyl (C=O) groups excluding carboxylic acids is 1. The van der Waals surface area contributed by atoms with E-state index in [9.17, 15) is 14.9 Å². The second kappa shape index (κ2) is 5.69. The number of nitro benzene ring substituents is 1. The van der Waals surface area contributed by atoms with Crippen LogP contribution in [0.2, 0.25) is 0 Å². The molecule has 2 rings (SSSR count).